The minimum atomic E-state index is -3.92. The predicted molar refractivity (Wildman–Crippen MR) is 106 cm³/mol. The van der Waals surface area contributed by atoms with Gasteiger partial charge in [0.1, 0.15) is 6.54 Å². The van der Waals surface area contributed by atoms with E-state index in [1.807, 2.05) is 0 Å². The molecule has 4 N–H and O–H groups in total. The first-order valence-electron chi connectivity index (χ1n) is 7.88. The van der Waals surface area contributed by atoms with Crippen molar-refractivity contribution in [3.05, 3.63) is 58.1 Å². The lowest BCUT2D eigenvalue weighted by atomic mass is 10.2. The van der Waals surface area contributed by atoms with E-state index in [2.05, 4.69) is 10.6 Å². The molecule has 29 heavy (non-hydrogen) atoms. The van der Waals surface area contributed by atoms with Crippen molar-refractivity contribution in [3.63, 3.8) is 0 Å². The average molecular weight is 460 g/mol. The molecule has 0 saturated heterocycles. The smallest absolute Gasteiger partial charge is 0.325 e. The maximum atomic E-state index is 12.0. The number of amides is 2. The third kappa shape index (κ3) is 7.02. The zero-order valence-corrected chi connectivity index (χ0v) is 17.0. The monoisotopic (exact) mass is 459 g/mol. The van der Waals surface area contributed by atoms with E-state index in [0.29, 0.717) is 5.02 Å². The van der Waals surface area contributed by atoms with Gasteiger partial charge in [0, 0.05) is 10.7 Å². The molecule has 0 unspecified atom stereocenters. The molecular weight excluding hydrogens is 445 g/mol. The molecule has 0 atom stereocenters. The van der Waals surface area contributed by atoms with Crippen molar-refractivity contribution in [2.24, 2.45) is 5.14 Å². The summed E-state index contributed by atoms with van der Waals surface area (Å²) in [6.07, 6.45) is 0. The number of rotatable bonds is 7. The van der Waals surface area contributed by atoms with Crippen molar-refractivity contribution in [2.45, 2.75) is 4.90 Å². The van der Waals surface area contributed by atoms with E-state index in [0.717, 1.165) is 6.07 Å². The molecule has 0 aliphatic rings. The van der Waals surface area contributed by atoms with Gasteiger partial charge >= 0.3 is 5.97 Å². The summed E-state index contributed by atoms with van der Waals surface area (Å²) in [5.41, 5.74) is 0.277. The minimum Gasteiger partial charge on any atom is -0.454 e. The van der Waals surface area contributed by atoms with Crippen LogP contribution in [0.25, 0.3) is 0 Å². The summed E-state index contributed by atoms with van der Waals surface area (Å²) >= 11 is 11.6. The number of esters is 1. The quantitative estimate of drug-likeness (QED) is 0.535. The number of halogens is 2. The molecular formula is C17H15Cl2N3O6S. The Morgan fingerprint density at radius 3 is 2.45 bits per heavy atom. The van der Waals surface area contributed by atoms with Crippen LogP contribution in [0.4, 0.5) is 5.69 Å². The normalized spacial score (nSPS) is 10.9. The lowest BCUT2D eigenvalue weighted by Gasteiger charge is -2.09. The topological polar surface area (TPSA) is 145 Å². The number of anilines is 1. The standard InChI is InChI=1S/C17H15Cl2N3O6S/c18-10-4-5-13(14(19)6-10)17(25)21-8-16(24)28-9-15(23)22-11-2-1-3-12(7-11)29(20,26)27/h1-7H,8-9H2,(H,21,25)(H,22,23)(H2,20,26,27). The highest BCUT2D eigenvalue weighted by molar-refractivity contribution is 7.89. The fourth-order valence-electron chi connectivity index (χ4n) is 2.07. The molecule has 0 aliphatic heterocycles. The third-order valence-corrected chi connectivity index (χ3v) is 4.84. The molecule has 0 aliphatic carbocycles. The predicted octanol–water partition coefficient (Wildman–Crippen LogP) is 1.55. The van der Waals surface area contributed by atoms with Crippen molar-refractivity contribution in [3.8, 4) is 0 Å². The number of carbonyl (C=O) groups is 3. The zero-order valence-electron chi connectivity index (χ0n) is 14.6. The van der Waals surface area contributed by atoms with Crippen LogP contribution < -0.4 is 15.8 Å². The number of nitrogens with two attached hydrogens (primary N) is 1. The Bertz CT molecular complexity index is 1060. The van der Waals surface area contributed by atoms with Crippen molar-refractivity contribution in [2.75, 3.05) is 18.5 Å². The maximum Gasteiger partial charge on any atom is 0.325 e. The van der Waals surface area contributed by atoms with Gasteiger partial charge in [-0.05, 0) is 36.4 Å². The van der Waals surface area contributed by atoms with Gasteiger partial charge in [0.05, 0.1) is 15.5 Å². The van der Waals surface area contributed by atoms with Crippen molar-refractivity contribution in [1.82, 2.24) is 5.32 Å². The second-order valence-corrected chi connectivity index (χ2v) is 7.99. The summed E-state index contributed by atoms with van der Waals surface area (Å²) in [6, 6.07) is 9.49. The van der Waals surface area contributed by atoms with Gasteiger partial charge in [-0.2, -0.15) is 0 Å². The third-order valence-electron chi connectivity index (χ3n) is 3.38. The molecule has 2 amide bonds. The number of nitrogens with one attached hydrogen (secondary N) is 2. The second-order valence-electron chi connectivity index (χ2n) is 5.59. The Balaban J connectivity index is 1.81. The number of primary sulfonamides is 1. The van der Waals surface area contributed by atoms with Crippen molar-refractivity contribution in [1.29, 1.82) is 0 Å². The molecule has 9 nitrogen and oxygen atoms in total. The first-order valence-corrected chi connectivity index (χ1v) is 10.2. The van der Waals surface area contributed by atoms with Crippen LogP contribution in [-0.4, -0.2) is 39.4 Å². The Hall–Kier alpha value is -2.66. The Morgan fingerprint density at radius 2 is 1.79 bits per heavy atom. The van der Waals surface area contributed by atoms with Gasteiger partial charge in [-0.15, -0.1) is 0 Å². The SMILES string of the molecule is NS(=O)(=O)c1cccc(NC(=O)COC(=O)CNC(=O)c2ccc(Cl)cc2Cl)c1. The number of ether oxygens (including phenoxy) is 1. The van der Waals surface area contributed by atoms with Crippen LogP contribution in [-0.2, 0) is 24.3 Å². The van der Waals surface area contributed by atoms with E-state index < -0.39 is 41.0 Å². The van der Waals surface area contributed by atoms with Gasteiger partial charge in [0.25, 0.3) is 11.8 Å². The van der Waals surface area contributed by atoms with Crippen LogP contribution in [0.5, 0.6) is 0 Å². The fourth-order valence-corrected chi connectivity index (χ4v) is 3.12. The first-order chi connectivity index (χ1) is 13.6. The van der Waals surface area contributed by atoms with Gasteiger partial charge in [0.2, 0.25) is 10.0 Å². The molecule has 2 aromatic carbocycles. The number of sulfonamides is 1. The highest BCUT2D eigenvalue weighted by Crippen LogP contribution is 2.20. The molecule has 0 radical (unpaired) electrons. The Kier molecular flexibility index (Phi) is 7.57. The van der Waals surface area contributed by atoms with Crippen LogP contribution >= 0.6 is 23.2 Å². The lowest BCUT2D eigenvalue weighted by molar-refractivity contribution is -0.146. The summed E-state index contributed by atoms with van der Waals surface area (Å²) in [5.74, 6) is -2.19. The fraction of sp³-hybridized carbons (Fsp3) is 0.118. The van der Waals surface area contributed by atoms with Gasteiger partial charge in [-0.1, -0.05) is 29.3 Å². The molecule has 0 saturated carbocycles. The van der Waals surface area contributed by atoms with E-state index in [1.165, 1.54) is 36.4 Å². The first kappa shape index (κ1) is 22.6. The van der Waals surface area contributed by atoms with E-state index in [9.17, 15) is 22.8 Å². The molecule has 0 spiro atoms. The van der Waals surface area contributed by atoms with Gasteiger partial charge in [-0.25, -0.2) is 13.6 Å². The summed E-state index contributed by atoms with van der Waals surface area (Å²) in [6.45, 7) is -1.14. The van der Waals surface area contributed by atoms with E-state index in [4.69, 9.17) is 33.1 Å². The average Bonchev–Trinajstić information content (AvgIpc) is 2.64. The van der Waals surface area contributed by atoms with Gasteiger partial charge in [0.15, 0.2) is 6.61 Å². The summed E-state index contributed by atoms with van der Waals surface area (Å²) in [7, 11) is -3.92. The highest BCUT2D eigenvalue weighted by atomic mass is 35.5. The molecule has 0 fully saturated rings. The van der Waals surface area contributed by atoms with E-state index in [-0.39, 0.29) is 21.2 Å². The lowest BCUT2D eigenvalue weighted by Crippen LogP contribution is -2.32. The van der Waals surface area contributed by atoms with Crippen LogP contribution in [0.1, 0.15) is 10.4 Å². The van der Waals surface area contributed by atoms with Crippen molar-refractivity contribution >= 4 is 56.7 Å². The van der Waals surface area contributed by atoms with Gasteiger partial charge < -0.3 is 15.4 Å². The summed E-state index contributed by atoms with van der Waals surface area (Å²) in [5, 5.41) is 10.1. The minimum absolute atomic E-state index is 0.115. The van der Waals surface area contributed by atoms with Gasteiger partial charge in [-0.3, -0.25) is 14.4 Å². The molecule has 0 heterocycles. The van der Waals surface area contributed by atoms with Crippen LogP contribution in [0, 0.1) is 0 Å². The maximum absolute atomic E-state index is 12.0. The van der Waals surface area contributed by atoms with E-state index >= 15 is 0 Å². The van der Waals surface area contributed by atoms with Crippen molar-refractivity contribution < 1.29 is 27.5 Å². The number of benzene rings is 2. The number of carbonyl (C=O) groups excluding carboxylic acids is 3. The summed E-state index contributed by atoms with van der Waals surface area (Å²) < 4.78 is 27.3. The molecule has 0 aromatic heterocycles. The largest absolute Gasteiger partial charge is 0.454 e. The molecule has 0 bridgehead atoms. The highest BCUT2D eigenvalue weighted by Gasteiger charge is 2.14. The molecule has 12 heteroatoms. The Morgan fingerprint density at radius 1 is 1.07 bits per heavy atom. The number of hydrogen-bond donors (Lipinski definition) is 3. The van der Waals surface area contributed by atoms with Crippen LogP contribution in [0.15, 0.2) is 47.4 Å². The second kappa shape index (κ2) is 9.70. The Labute approximate surface area is 176 Å². The molecule has 154 valence electrons. The van der Waals surface area contributed by atoms with Crippen LogP contribution in [0.3, 0.4) is 0 Å². The van der Waals surface area contributed by atoms with E-state index in [1.54, 1.807) is 0 Å². The molecule has 2 rings (SSSR count). The van der Waals surface area contributed by atoms with Crippen LogP contribution in [0.2, 0.25) is 10.0 Å². The zero-order chi connectivity index (χ0) is 21.6. The summed E-state index contributed by atoms with van der Waals surface area (Å²) in [4.78, 5) is 35.3. The molecule has 2 aromatic rings. The number of hydrogen-bond acceptors (Lipinski definition) is 6.